The summed E-state index contributed by atoms with van der Waals surface area (Å²) in [4.78, 5) is 20.8. The maximum Gasteiger partial charge on any atom is 0.253 e. The summed E-state index contributed by atoms with van der Waals surface area (Å²) in [6, 6.07) is 1.59. The van der Waals surface area contributed by atoms with Crippen molar-refractivity contribution in [1.29, 1.82) is 0 Å². The summed E-state index contributed by atoms with van der Waals surface area (Å²) in [6.45, 7) is 2.38. The van der Waals surface area contributed by atoms with Crippen molar-refractivity contribution in [2.45, 2.75) is 13.5 Å². The van der Waals surface area contributed by atoms with Crippen LogP contribution in [0.2, 0.25) is 5.02 Å². The van der Waals surface area contributed by atoms with Crippen LogP contribution < -0.4 is 5.32 Å². The number of nitrogens with zero attached hydrogens (tertiary/aromatic N) is 2. The Labute approximate surface area is 108 Å². The third-order valence-corrected chi connectivity index (χ3v) is 3.51. The monoisotopic (exact) mass is 267 g/mol. The minimum Gasteiger partial charge on any atom is -0.347 e. The van der Waals surface area contributed by atoms with Gasteiger partial charge in [-0.3, -0.25) is 9.78 Å². The highest BCUT2D eigenvalue weighted by Crippen LogP contribution is 2.15. The zero-order valence-corrected chi connectivity index (χ0v) is 10.7. The summed E-state index contributed by atoms with van der Waals surface area (Å²) in [5.74, 6) is -0.204. The third kappa shape index (κ3) is 2.81. The molecule has 0 spiro atoms. The molecule has 2 heterocycles. The number of hydrogen-bond donors (Lipinski definition) is 1. The van der Waals surface area contributed by atoms with E-state index in [1.54, 1.807) is 17.8 Å². The van der Waals surface area contributed by atoms with Crippen molar-refractivity contribution < 1.29 is 4.79 Å². The lowest BCUT2D eigenvalue weighted by molar-refractivity contribution is 0.0951. The number of nitrogens with one attached hydrogen (secondary N) is 1. The van der Waals surface area contributed by atoms with Crippen LogP contribution in [0.15, 0.2) is 24.0 Å². The van der Waals surface area contributed by atoms with Crippen molar-refractivity contribution in [1.82, 2.24) is 15.3 Å². The SMILES string of the molecule is Cc1ncsc1CNC(=O)c1ccncc1Cl. The minimum atomic E-state index is -0.204. The number of carbonyl (C=O) groups excluding carboxylic acids is 1. The van der Waals surface area contributed by atoms with Gasteiger partial charge < -0.3 is 5.32 Å². The van der Waals surface area contributed by atoms with Crippen LogP contribution in [0.1, 0.15) is 20.9 Å². The second-order valence-corrected chi connectivity index (χ2v) is 4.75. The Morgan fingerprint density at radius 1 is 1.59 bits per heavy atom. The normalized spacial score (nSPS) is 10.2. The molecular formula is C11H10ClN3OS. The number of thiazole rings is 1. The first kappa shape index (κ1) is 12.0. The van der Waals surface area contributed by atoms with Crippen molar-refractivity contribution in [2.24, 2.45) is 0 Å². The fraction of sp³-hybridized carbons (Fsp3) is 0.182. The van der Waals surface area contributed by atoms with Crippen molar-refractivity contribution in [2.75, 3.05) is 0 Å². The third-order valence-electron chi connectivity index (χ3n) is 2.27. The average Bonchev–Trinajstić information content (AvgIpc) is 2.72. The molecule has 0 unspecified atom stereocenters. The van der Waals surface area contributed by atoms with Crippen LogP contribution in [0.25, 0.3) is 0 Å². The number of pyridine rings is 1. The molecule has 0 aliphatic heterocycles. The molecule has 2 aromatic heterocycles. The van der Waals surface area contributed by atoms with Crippen molar-refractivity contribution in [3.8, 4) is 0 Å². The van der Waals surface area contributed by atoms with Crippen molar-refractivity contribution in [3.05, 3.63) is 45.1 Å². The van der Waals surface area contributed by atoms with Crippen LogP contribution in [-0.2, 0) is 6.54 Å². The van der Waals surface area contributed by atoms with Crippen molar-refractivity contribution in [3.63, 3.8) is 0 Å². The summed E-state index contributed by atoms with van der Waals surface area (Å²) >= 11 is 7.40. The lowest BCUT2D eigenvalue weighted by atomic mass is 10.2. The molecule has 17 heavy (non-hydrogen) atoms. The Morgan fingerprint density at radius 3 is 3.06 bits per heavy atom. The van der Waals surface area contributed by atoms with Gasteiger partial charge in [-0.25, -0.2) is 4.98 Å². The molecule has 0 bridgehead atoms. The molecule has 1 amide bonds. The van der Waals surface area contributed by atoms with E-state index in [2.05, 4.69) is 15.3 Å². The highest BCUT2D eigenvalue weighted by atomic mass is 35.5. The molecule has 0 aromatic carbocycles. The van der Waals surface area contributed by atoms with Gasteiger partial charge in [0, 0.05) is 17.3 Å². The average molecular weight is 268 g/mol. The number of aryl methyl sites for hydroxylation is 1. The van der Waals surface area contributed by atoms with Crippen LogP contribution in [0.4, 0.5) is 0 Å². The summed E-state index contributed by atoms with van der Waals surface area (Å²) in [6.07, 6.45) is 2.99. The lowest BCUT2D eigenvalue weighted by Gasteiger charge is -2.05. The van der Waals surface area contributed by atoms with Gasteiger partial charge in [0.05, 0.1) is 28.3 Å². The Hall–Kier alpha value is -1.46. The molecule has 0 saturated carbocycles. The van der Waals surface area contributed by atoms with Gasteiger partial charge in [0.15, 0.2) is 0 Å². The molecule has 0 radical (unpaired) electrons. The molecule has 0 saturated heterocycles. The van der Waals surface area contributed by atoms with E-state index in [9.17, 15) is 4.79 Å². The molecule has 2 aromatic rings. The minimum absolute atomic E-state index is 0.204. The fourth-order valence-electron chi connectivity index (χ4n) is 1.31. The van der Waals surface area contributed by atoms with Gasteiger partial charge in [-0.1, -0.05) is 11.6 Å². The smallest absolute Gasteiger partial charge is 0.253 e. The van der Waals surface area contributed by atoms with E-state index in [0.29, 0.717) is 17.1 Å². The molecule has 0 aliphatic carbocycles. The quantitative estimate of drug-likeness (QED) is 0.929. The molecule has 88 valence electrons. The van der Waals surface area contributed by atoms with E-state index in [0.717, 1.165) is 10.6 Å². The van der Waals surface area contributed by atoms with Gasteiger partial charge in [0.2, 0.25) is 0 Å². The number of amides is 1. The Kier molecular flexibility index (Phi) is 3.71. The van der Waals surface area contributed by atoms with Crippen LogP contribution in [0.3, 0.4) is 0 Å². The molecule has 1 N–H and O–H groups in total. The zero-order valence-electron chi connectivity index (χ0n) is 9.11. The van der Waals surface area contributed by atoms with Crippen LogP contribution in [0, 0.1) is 6.92 Å². The van der Waals surface area contributed by atoms with E-state index in [4.69, 9.17) is 11.6 Å². The van der Waals surface area contributed by atoms with Gasteiger partial charge in [-0.2, -0.15) is 0 Å². The second-order valence-electron chi connectivity index (χ2n) is 3.40. The fourth-order valence-corrected chi connectivity index (χ4v) is 2.23. The Balaban J connectivity index is 2.04. The maximum absolute atomic E-state index is 11.8. The topological polar surface area (TPSA) is 54.9 Å². The first-order chi connectivity index (χ1) is 8.18. The van der Waals surface area contributed by atoms with Gasteiger partial charge in [0.1, 0.15) is 0 Å². The molecule has 4 nitrogen and oxygen atoms in total. The maximum atomic E-state index is 11.8. The van der Waals surface area contributed by atoms with E-state index in [-0.39, 0.29) is 5.91 Å². The summed E-state index contributed by atoms with van der Waals surface area (Å²) < 4.78 is 0. The molecule has 0 atom stereocenters. The van der Waals surface area contributed by atoms with E-state index >= 15 is 0 Å². The second kappa shape index (κ2) is 5.25. The molecular weight excluding hydrogens is 258 g/mol. The summed E-state index contributed by atoms with van der Waals surface area (Å²) in [5, 5.41) is 3.16. The van der Waals surface area contributed by atoms with Gasteiger partial charge in [0.25, 0.3) is 5.91 Å². The van der Waals surface area contributed by atoms with E-state index in [1.807, 2.05) is 6.92 Å². The largest absolute Gasteiger partial charge is 0.347 e. The van der Waals surface area contributed by atoms with Crippen molar-refractivity contribution >= 4 is 28.8 Å². The first-order valence-corrected chi connectivity index (χ1v) is 6.21. The predicted molar refractivity (Wildman–Crippen MR) is 67.3 cm³/mol. The lowest BCUT2D eigenvalue weighted by Crippen LogP contribution is -2.23. The number of aromatic nitrogens is 2. The number of hydrogen-bond acceptors (Lipinski definition) is 4. The molecule has 0 aliphatic rings. The van der Waals surface area contributed by atoms with Gasteiger partial charge in [-0.15, -0.1) is 11.3 Å². The summed E-state index contributed by atoms with van der Waals surface area (Å²) in [5.41, 5.74) is 3.14. The Bertz CT molecular complexity index is 541. The number of carbonyl (C=O) groups is 1. The molecule has 0 fully saturated rings. The predicted octanol–water partition coefficient (Wildman–Crippen LogP) is 2.43. The number of rotatable bonds is 3. The van der Waals surface area contributed by atoms with Crippen LogP contribution in [0.5, 0.6) is 0 Å². The van der Waals surface area contributed by atoms with E-state index in [1.165, 1.54) is 17.5 Å². The molecule has 2 rings (SSSR count). The number of halogens is 1. The standard InChI is InChI=1S/C11H10ClN3OS/c1-7-10(17-6-15-7)5-14-11(16)8-2-3-13-4-9(8)12/h2-4,6H,5H2,1H3,(H,14,16). The molecule has 6 heteroatoms. The van der Waals surface area contributed by atoms with E-state index < -0.39 is 0 Å². The highest BCUT2D eigenvalue weighted by molar-refractivity contribution is 7.09. The zero-order chi connectivity index (χ0) is 12.3. The summed E-state index contributed by atoms with van der Waals surface area (Å²) in [7, 11) is 0. The first-order valence-electron chi connectivity index (χ1n) is 4.95. The van der Waals surface area contributed by atoms with Crippen LogP contribution in [-0.4, -0.2) is 15.9 Å². The highest BCUT2D eigenvalue weighted by Gasteiger charge is 2.10. The van der Waals surface area contributed by atoms with Gasteiger partial charge in [-0.05, 0) is 13.0 Å². The Morgan fingerprint density at radius 2 is 2.41 bits per heavy atom. The van der Waals surface area contributed by atoms with Gasteiger partial charge >= 0.3 is 0 Å². The van der Waals surface area contributed by atoms with Crippen LogP contribution >= 0.6 is 22.9 Å².